The lowest BCUT2D eigenvalue weighted by atomic mass is 9.89. The van der Waals surface area contributed by atoms with Crippen molar-refractivity contribution in [3.8, 4) is 23.0 Å². The first kappa shape index (κ1) is 63.8. The Balaban J connectivity index is 1.10. The van der Waals surface area contributed by atoms with Crippen LogP contribution in [0.1, 0.15) is 210 Å². The van der Waals surface area contributed by atoms with Gasteiger partial charge in [0, 0.05) is 117 Å². The zero-order chi connectivity index (χ0) is 65.4. The Labute approximate surface area is 534 Å². The first-order valence-corrected chi connectivity index (χ1v) is 32.0. The molecular weight excluding hydrogens is 1170 g/mol. The maximum atomic E-state index is 14.9. The molecule has 6 aromatic rings. The molecule has 8 amide bonds. The van der Waals surface area contributed by atoms with Crippen LogP contribution in [0.3, 0.4) is 0 Å². The Morgan fingerprint density at radius 1 is 0.337 bits per heavy atom. The second kappa shape index (κ2) is 26.6. The highest BCUT2D eigenvalue weighted by atomic mass is 16.3. The summed E-state index contributed by atoms with van der Waals surface area (Å²) in [6.07, 6.45) is 4.53. The van der Waals surface area contributed by atoms with Gasteiger partial charge in [-0.15, -0.1) is 0 Å². The molecule has 3 heterocycles. The van der Waals surface area contributed by atoms with Crippen LogP contribution in [0.15, 0.2) is 84.9 Å². The Bertz CT molecular complexity index is 3570. The third-order valence-corrected chi connectivity index (χ3v) is 18.3. The first-order valence-electron chi connectivity index (χ1n) is 32.0. The SMILES string of the molecule is Cc1cc2c(O)c(c1)Cc1cc3cc(c1O)Cc1cc(C)cc(c1O)Cc1cc(cc(c1O)C2)NC(=O)[C@H](CC(C)C)NC(=O)c1cc2cc(c1)C(=O)N[C@H]1CCCC[C@@H]1NC(=O)c1cc(cc(c1)C(=O)N[C@H]1CCCC[C@@H]1NC2=O)C(=O)N[C@@H](CC(C)C)C(=O)N3. The molecule has 0 aromatic heterocycles. The first-order chi connectivity index (χ1) is 43.9. The topological polar surface area (TPSA) is 314 Å². The van der Waals surface area contributed by atoms with Gasteiger partial charge in [-0.2, -0.15) is 0 Å². The van der Waals surface area contributed by atoms with Crippen molar-refractivity contribution in [3.63, 3.8) is 0 Å². The van der Waals surface area contributed by atoms with E-state index in [2.05, 4.69) is 42.5 Å². The zero-order valence-corrected chi connectivity index (χ0v) is 52.7. The van der Waals surface area contributed by atoms with E-state index in [1.807, 2.05) is 41.5 Å². The summed E-state index contributed by atoms with van der Waals surface area (Å²) in [7, 11) is 0. The number of phenols is 4. The molecule has 6 atom stereocenters. The average molecular weight is 1250 g/mol. The number of carbonyl (C=O) groups is 8. The molecule has 3 aliphatic carbocycles. The van der Waals surface area contributed by atoms with E-state index in [4.69, 9.17) is 0 Å². The summed E-state index contributed by atoms with van der Waals surface area (Å²) in [4.78, 5) is 118. The lowest BCUT2D eigenvalue weighted by Crippen LogP contribution is -2.54. The van der Waals surface area contributed by atoms with Crippen LogP contribution in [0.2, 0.25) is 0 Å². The number of aryl methyl sites for hydroxylation is 2. The van der Waals surface area contributed by atoms with Crippen molar-refractivity contribution in [1.29, 1.82) is 0 Å². The van der Waals surface area contributed by atoms with E-state index in [0.717, 1.165) is 11.1 Å². The number of hydrogen-bond acceptors (Lipinski definition) is 12. The van der Waals surface area contributed by atoms with Gasteiger partial charge in [-0.1, -0.05) is 88.8 Å². The van der Waals surface area contributed by atoms with Crippen LogP contribution in [0, 0.1) is 25.7 Å². The third kappa shape index (κ3) is 14.2. The Kier molecular flexibility index (Phi) is 18.5. The number of nitrogens with one attached hydrogen (secondary N) is 8. The van der Waals surface area contributed by atoms with Gasteiger partial charge in [0.05, 0.1) is 0 Å². The number of carbonyl (C=O) groups excluding carboxylic acids is 8. The van der Waals surface area contributed by atoms with Crippen molar-refractivity contribution in [2.24, 2.45) is 11.8 Å². The minimum Gasteiger partial charge on any atom is -0.507 e. The minimum atomic E-state index is -1.21. The zero-order valence-electron chi connectivity index (χ0n) is 52.7. The fourth-order valence-electron chi connectivity index (χ4n) is 13.8. The third-order valence-electron chi connectivity index (χ3n) is 18.3. The minimum absolute atomic E-state index is 0.0483. The van der Waals surface area contributed by atoms with Crippen LogP contribution >= 0.6 is 0 Å². The van der Waals surface area contributed by atoms with Crippen molar-refractivity contribution < 1.29 is 58.8 Å². The second-order valence-electron chi connectivity index (χ2n) is 26.6. The fraction of sp³-hybridized carbons (Fsp3) is 0.389. The molecule has 92 heavy (non-hydrogen) atoms. The van der Waals surface area contributed by atoms with Crippen LogP contribution in [-0.2, 0) is 35.3 Å². The molecule has 20 nitrogen and oxygen atoms in total. The Morgan fingerprint density at radius 3 is 0.783 bits per heavy atom. The molecule has 480 valence electrons. The van der Waals surface area contributed by atoms with Crippen molar-refractivity contribution >= 4 is 58.6 Å². The number of amides is 8. The number of benzene rings is 6. The van der Waals surface area contributed by atoms with Gasteiger partial charge in [0.15, 0.2) is 0 Å². The van der Waals surface area contributed by atoms with E-state index in [0.29, 0.717) is 95.9 Å². The quantitative estimate of drug-likeness (QED) is 0.0735. The van der Waals surface area contributed by atoms with E-state index in [1.165, 1.54) is 36.4 Å². The van der Waals surface area contributed by atoms with Crippen molar-refractivity contribution in [1.82, 2.24) is 31.9 Å². The summed E-state index contributed by atoms with van der Waals surface area (Å²) in [6.45, 7) is 11.2. The number of rotatable bonds is 4. The maximum absolute atomic E-state index is 14.9. The molecule has 2 saturated carbocycles. The lowest BCUT2D eigenvalue weighted by molar-refractivity contribution is -0.119. The standard InChI is InChI=1S/C72H80N8O12/c1-35(2)15-59-71(91)73-53-31-43-21-39-17-37(5)19-41(61(39)81)23-45-33-54(34-46(64(45)84)24-42-20-38(6)18-40(62(42)82)22-44(32-53)63(43)83)74-72(92)60(16-36(3)4)80-70(90)52-29-49-26-50(30-52)68(88)78-58-14-10-8-12-56(58)76-66(86)48-25-47(27-51(28-48)69(89)79-59)65(85)75-55-11-7-9-13-57(55)77-67(49)87/h17-20,25-36,55-60,81-84H,7-16,21-24H2,1-6H3,(H,73,91)(H,74,92)(H,75,85)(H,76,86)(H,77,87)(H,78,88)(H,79,89)(H,80,90)/t55-,56-,57-,58-,59-,60-/m0/s1. The van der Waals surface area contributed by atoms with Crippen LogP contribution < -0.4 is 42.5 Å². The lowest BCUT2D eigenvalue weighted by Gasteiger charge is -2.34. The molecule has 3 aliphatic heterocycles. The Morgan fingerprint density at radius 2 is 0.554 bits per heavy atom. The molecule has 6 aliphatic rings. The van der Waals surface area contributed by atoms with Crippen LogP contribution in [-0.4, -0.2) is 104 Å². The largest absolute Gasteiger partial charge is 0.507 e. The summed E-state index contributed by atoms with van der Waals surface area (Å²) in [5.74, 6) is -6.28. The highest BCUT2D eigenvalue weighted by Gasteiger charge is 2.35. The van der Waals surface area contributed by atoms with E-state index in [1.54, 1.807) is 48.5 Å². The van der Waals surface area contributed by atoms with E-state index < -0.39 is 83.5 Å². The van der Waals surface area contributed by atoms with Gasteiger partial charge >= 0.3 is 0 Å². The molecule has 0 unspecified atom stereocenters. The van der Waals surface area contributed by atoms with E-state index >= 15 is 0 Å². The second-order valence-corrected chi connectivity index (χ2v) is 26.6. The molecule has 6 aromatic carbocycles. The van der Waals surface area contributed by atoms with Gasteiger partial charge in [-0.3, -0.25) is 38.4 Å². The summed E-state index contributed by atoms with van der Waals surface area (Å²) in [5.41, 5.74) is 4.26. The number of fused-ring (bicyclic) bond motifs is 12. The smallest absolute Gasteiger partial charge is 0.251 e. The predicted octanol–water partition coefficient (Wildman–Crippen LogP) is 8.94. The number of aromatic hydroxyl groups is 4. The maximum Gasteiger partial charge on any atom is 0.251 e. The van der Waals surface area contributed by atoms with Gasteiger partial charge in [0.25, 0.3) is 35.4 Å². The van der Waals surface area contributed by atoms with Crippen LogP contribution in [0.4, 0.5) is 11.4 Å². The summed E-state index contributed by atoms with van der Waals surface area (Å²) < 4.78 is 0. The number of anilines is 2. The fourth-order valence-corrected chi connectivity index (χ4v) is 13.8. The van der Waals surface area contributed by atoms with Crippen LogP contribution in [0.5, 0.6) is 23.0 Å². The normalized spacial score (nSPS) is 21.5. The van der Waals surface area contributed by atoms with Gasteiger partial charge in [-0.25, -0.2) is 0 Å². The molecule has 12 rings (SSSR count). The van der Waals surface area contributed by atoms with Crippen LogP contribution in [0.25, 0.3) is 0 Å². The summed E-state index contributed by atoms with van der Waals surface area (Å²) >= 11 is 0. The Hall–Kier alpha value is -9.72. The molecule has 20 heteroatoms. The molecule has 12 N–H and O–H groups in total. The summed E-state index contributed by atoms with van der Waals surface area (Å²) in [6, 6.07) is 16.5. The monoisotopic (exact) mass is 1250 g/mol. The molecular formula is C72H80N8O12. The average Bonchev–Trinajstić information content (AvgIpc) is 0.869. The van der Waals surface area contributed by atoms with E-state index in [9.17, 15) is 58.8 Å². The van der Waals surface area contributed by atoms with Crippen molar-refractivity contribution in [3.05, 3.63) is 174 Å². The molecule has 16 bridgehead atoms. The molecule has 0 spiro atoms. The number of phenolic OH excluding ortho intramolecular Hbond substituents is 4. The number of hydrogen-bond donors (Lipinski definition) is 12. The highest BCUT2D eigenvalue weighted by molar-refractivity contribution is 6.08. The van der Waals surface area contributed by atoms with Gasteiger partial charge in [0.2, 0.25) is 11.8 Å². The van der Waals surface area contributed by atoms with Crippen molar-refractivity contribution in [2.75, 3.05) is 10.6 Å². The predicted molar refractivity (Wildman–Crippen MR) is 347 cm³/mol. The van der Waals surface area contributed by atoms with Gasteiger partial charge in [0.1, 0.15) is 35.1 Å². The molecule has 2 fully saturated rings. The summed E-state index contributed by atoms with van der Waals surface area (Å²) in [5, 5.41) is 73.1. The highest BCUT2D eigenvalue weighted by Crippen LogP contribution is 2.41. The van der Waals surface area contributed by atoms with Gasteiger partial charge in [-0.05, 0) is 147 Å². The molecule has 0 saturated heterocycles. The van der Waals surface area contributed by atoms with Crippen molar-refractivity contribution in [2.45, 2.75) is 168 Å². The molecule has 0 radical (unpaired) electrons. The van der Waals surface area contributed by atoms with Gasteiger partial charge < -0.3 is 63.0 Å². The van der Waals surface area contributed by atoms with E-state index in [-0.39, 0.29) is 118 Å².